The van der Waals surface area contributed by atoms with Gasteiger partial charge in [-0.3, -0.25) is 14.4 Å². The lowest BCUT2D eigenvalue weighted by Gasteiger charge is -2.44. The molecule has 1 N–H and O–H groups in total. The number of benzene rings is 1. The lowest BCUT2D eigenvalue weighted by molar-refractivity contribution is -0.140. The molecule has 7 nitrogen and oxygen atoms in total. The van der Waals surface area contributed by atoms with Gasteiger partial charge >= 0.3 is 6.18 Å². The SMILES string of the molecule is CC=C(C)N1CN(C)C(=O)C12CCN(C(=O)C(C)NC(=O)c1cc(C(F)(F)F)ccc1F)CC2. The highest BCUT2D eigenvalue weighted by molar-refractivity contribution is 5.98. The summed E-state index contributed by atoms with van der Waals surface area (Å²) in [5.41, 5.74) is -1.73. The summed E-state index contributed by atoms with van der Waals surface area (Å²) in [6.07, 6.45) is -2.01. The van der Waals surface area contributed by atoms with Crippen LogP contribution in [0.5, 0.6) is 0 Å². The molecule has 2 heterocycles. The molecule has 0 aliphatic carbocycles. The van der Waals surface area contributed by atoms with E-state index in [1.165, 1.54) is 11.8 Å². The maximum absolute atomic E-state index is 14.0. The third-order valence-electron chi connectivity index (χ3n) is 6.62. The number of likely N-dealkylation sites (N-methyl/N-ethyl adjacent to an activating group) is 1. The Hall–Kier alpha value is -3.11. The zero-order valence-corrected chi connectivity index (χ0v) is 19.5. The molecule has 0 bridgehead atoms. The Labute approximate surface area is 195 Å². The molecule has 1 aromatic carbocycles. The monoisotopic (exact) mass is 484 g/mol. The number of amides is 3. The molecular formula is C23H28F4N4O3. The van der Waals surface area contributed by atoms with Crippen molar-refractivity contribution in [2.45, 2.75) is 51.4 Å². The molecule has 11 heteroatoms. The molecular weight excluding hydrogens is 456 g/mol. The molecule has 2 fully saturated rings. The van der Waals surface area contributed by atoms with Crippen molar-refractivity contribution in [1.82, 2.24) is 20.0 Å². The van der Waals surface area contributed by atoms with E-state index in [1.54, 1.807) is 11.9 Å². The number of rotatable bonds is 4. The lowest BCUT2D eigenvalue weighted by Crippen LogP contribution is -2.58. The van der Waals surface area contributed by atoms with Crippen LogP contribution in [0.1, 0.15) is 49.5 Å². The number of hydrogen-bond donors (Lipinski definition) is 1. The van der Waals surface area contributed by atoms with Crippen LogP contribution >= 0.6 is 0 Å². The molecule has 0 saturated carbocycles. The number of carbonyl (C=O) groups is 3. The van der Waals surface area contributed by atoms with Gasteiger partial charge < -0.3 is 20.0 Å². The standard InChI is InChI=1S/C23H28F4N4O3/c1-5-14(2)31-13-29(4)21(34)22(31)8-10-30(11-9-22)20(33)15(3)28-19(32)17-12-16(23(25,26)27)6-7-18(17)24/h5-7,12,15H,8-11,13H2,1-4H3,(H,28,32). The summed E-state index contributed by atoms with van der Waals surface area (Å²) in [6.45, 7) is 6.20. The molecule has 3 rings (SSSR count). The fourth-order valence-electron chi connectivity index (χ4n) is 4.55. The molecule has 1 unspecified atom stereocenters. The van der Waals surface area contributed by atoms with E-state index in [0.29, 0.717) is 37.7 Å². The number of likely N-dealkylation sites (tertiary alicyclic amines) is 1. The largest absolute Gasteiger partial charge is 0.416 e. The van der Waals surface area contributed by atoms with Crippen LogP contribution in [0.2, 0.25) is 0 Å². The molecule has 0 aromatic heterocycles. The van der Waals surface area contributed by atoms with Gasteiger partial charge in [0, 0.05) is 25.8 Å². The van der Waals surface area contributed by atoms with Crippen LogP contribution in [0.15, 0.2) is 30.0 Å². The van der Waals surface area contributed by atoms with E-state index in [1.807, 2.05) is 24.8 Å². The number of nitrogens with one attached hydrogen (secondary N) is 1. The van der Waals surface area contributed by atoms with Crippen LogP contribution in [0, 0.1) is 5.82 Å². The molecule has 1 atom stereocenters. The average Bonchev–Trinajstić information content (AvgIpc) is 3.03. The zero-order valence-electron chi connectivity index (χ0n) is 19.5. The summed E-state index contributed by atoms with van der Waals surface area (Å²) in [5.74, 6) is -2.69. The highest BCUT2D eigenvalue weighted by Gasteiger charge is 2.53. The van der Waals surface area contributed by atoms with E-state index in [9.17, 15) is 31.9 Å². The Kier molecular flexibility index (Phi) is 6.95. The minimum atomic E-state index is -4.74. The number of piperidine rings is 1. The van der Waals surface area contributed by atoms with Crippen LogP contribution in [-0.4, -0.2) is 70.8 Å². The minimum absolute atomic E-state index is 0.0119. The van der Waals surface area contributed by atoms with Gasteiger partial charge in [0.25, 0.3) is 5.91 Å². The number of alkyl halides is 3. The Bertz CT molecular complexity index is 1020. The summed E-state index contributed by atoms with van der Waals surface area (Å²) in [4.78, 5) is 43.5. The molecule has 1 spiro atoms. The lowest BCUT2D eigenvalue weighted by atomic mass is 9.85. The van der Waals surface area contributed by atoms with Crippen LogP contribution in [0.4, 0.5) is 17.6 Å². The third-order valence-corrected chi connectivity index (χ3v) is 6.62. The topological polar surface area (TPSA) is 73.0 Å². The van der Waals surface area contributed by atoms with Crippen molar-refractivity contribution < 1.29 is 31.9 Å². The van der Waals surface area contributed by atoms with Crippen LogP contribution in [0.25, 0.3) is 0 Å². The first-order chi connectivity index (χ1) is 15.8. The van der Waals surface area contributed by atoms with Gasteiger partial charge in [0.15, 0.2) is 0 Å². The predicted molar refractivity (Wildman–Crippen MR) is 116 cm³/mol. The number of nitrogens with zero attached hydrogens (tertiary/aromatic N) is 3. The molecule has 186 valence electrons. The summed E-state index contributed by atoms with van der Waals surface area (Å²) >= 11 is 0. The van der Waals surface area contributed by atoms with E-state index in [2.05, 4.69) is 5.32 Å². The van der Waals surface area contributed by atoms with Gasteiger partial charge in [-0.05, 0) is 51.8 Å². The van der Waals surface area contributed by atoms with Crippen molar-refractivity contribution in [2.24, 2.45) is 0 Å². The van der Waals surface area contributed by atoms with E-state index in [0.717, 1.165) is 5.70 Å². The number of carbonyl (C=O) groups excluding carboxylic acids is 3. The predicted octanol–water partition coefficient (Wildman–Crippen LogP) is 2.98. The first kappa shape index (κ1) is 25.5. The Morgan fingerprint density at radius 1 is 1.21 bits per heavy atom. The van der Waals surface area contributed by atoms with Gasteiger partial charge in [-0.25, -0.2) is 4.39 Å². The first-order valence-corrected chi connectivity index (χ1v) is 10.9. The smallest absolute Gasteiger partial charge is 0.343 e. The van der Waals surface area contributed by atoms with Crippen molar-refractivity contribution in [3.8, 4) is 0 Å². The molecule has 3 amide bonds. The van der Waals surface area contributed by atoms with E-state index >= 15 is 0 Å². The fraction of sp³-hybridized carbons (Fsp3) is 0.522. The zero-order chi connectivity index (χ0) is 25.4. The number of halogens is 4. The first-order valence-electron chi connectivity index (χ1n) is 10.9. The highest BCUT2D eigenvalue weighted by atomic mass is 19.4. The quantitative estimate of drug-likeness (QED) is 0.667. The van der Waals surface area contributed by atoms with Gasteiger partial charge in [0.1, 0.15) is 17.4 Å². The summed E-state index contributed by atoms with van der Waals surface area (Å²) in [5, 5.41) is 2.29. The summed E-state index contributed by atoms with van der Waals surface area (Å²) < 4.78 is 52.8. The second-order valence-corrected chi connectivity index (χ2v) is 8.75. The molecule has 2 aliphatic rings. The normalized spacial score (nSPS) is 19.6. The van der Waals surface area contributed by atoms with Crippen molar-refractivity contribution in [1.29, 1.82) is 0 Å². The van der Waals surface area contributed by atoms with Gasteiger partial charge in [0.2, 0.25) is 11.8 Å². The van der Waals surface area contributed by atoms with Crippen molar-refractivity contribution in [2.75, 3.05) is 26.8 Å². The van der Waals surface area contributed by atoms with E-state index < -0.39 is 46.5 Å². The molecule has 1 aromatic rings. The Balaban J connectivity index is 1.68. The second kappa shape index (κ2) is 9.27. The van der Waals surface area contributed by atoms with Crippen LogP contribution < -0.4 is 5.32 Å². The molecule has 34 heavy (non-hydrogen) atoms. The van der Waals surface area contributed by atoms with E-state index in [4.69, 9.17) is 0 Å². The Morgan fingerprint density at radius 3 is 2.38 bits per heavy atom. The average molecular weight is 484 g/mol. The van der Waals surface area contributed by atoms with Crippen LogP contribution in [-0.2, 0) is 15.8 Å². The Morgan fingerprint density at radius 2 is 1.82 bits per heavy atom. The van der Waals surface area contributed by atoms with Crippen molar-refractivity contribution in [3.05, 3.63) is 46.9 Å². The van der Waals surface area contributed by atoms with Crippen molar-refractivity contribution >= 4 is 17.7 Å². The molecule has 0 radical (unpaired) electrons. The third kappa shape index (κ3) is 4.60. The van der Waals surface area contributed by atoms with Crippen LogP contribution in [0.3, 0.4) is 0 Å². The van der Waals surface area contributed by atoms with Gasteiger partial charge in [-0.15, -0.1) is 0 Å². The highest BCUT2D eigenvalue weighted by Crippen LogP contribution is 2.38. The maximum Gasteiger partial charge on any atom is 0.416 e. The van der Waals surface area contributed by atoms with Gasteiger partial charge in [-0.2, -0.15) is 13.2 Å². The fourth-order valence-corrected chi connectivity index (χ4v) is 4.55. The van der Waals surface area contributed by atoms with Gasteiger partial charge in [0.05, 0.1) is 17.8 Å². The summed E-state index contributed by atoms with van der Waals surface area (Å²) in [7, 11) is 1.73. The summed E-state index contributed by atoms with van der Waals surface area (Å²) in [6, 6.07) is 0.450. The number of allylic oxidation sites excluding steroid dienone is 2. The molecule has 2 aliphatic heterocycles. The molecule has 2 saturated heterocycles. The maximum atomic E-state index is 14.0. The van der Waals surface area contributed by atoms with Gasteiger partial charge in [-0.1, -0.05) is 6.08 Å². The minimum Gasteiger partial charge on any atom is -0.343 e. The van der Waals surface area contributed by atoms with E-state index in [-0.39, 0.29) is 19.0 Å². The second-order valence-electron chi connectivity index (χ2n) is 8.75. The van der Waals surface area contributed by atoms with Crippen molar-refractivity contribution in [3.63, 3.8) is 0 Å². The number of hydrogen-bond acceptors (Lipinski definition) is 4.